The van der Waals surface area contributed by atoms with Gasteiger partial charge in [0, 0.05) is 6.42 Å². The minimum absolute atomic E-state index is 0.0593. The van der Waals surface area contributed by atoms with E-state index < -0.39 is 0 Å². The molecule has 4 heteroatoms. The third kappa shape index (κ3) is 34.5. The Morgan fingerprint density at radius 2 is 0.756 bits per heavy atom. The molecule has 270 valence electrons. The van der Waals surface area contributed by atoms with Gasteiger partial charge in [0.1, 0.15) is 0 Å². The van der Waals surface area contributed by atoms with Crippen LogP contribution in [0.3, 0.4) is 0 Å². The number of nitrogens with one attached hydrogen (secondary N) is 1. The summed E-state index contributed by atoms with van der Waals surface area (Å²) < 4.78 is 0. The molecule has 0 aromatic rings. The van der Waals surface area contributed by atoms with Gasteiger partial charge in [0.2, 0.25) is 5.91 Å². The predicted octanol–water partition coefficient (Wildman–Crippen LogP) is 13.4. The monoisotopic (exact) mass is 638 g/mol. The molecular weight excluding hydrogens is 554 g/mol. The highest BCUT2D eigenvalue weighted by atomic mass is 16.5. The average molecular weight is 638 g/mol. The van der Waals surface area contributed by atoms with Crippen molar-refractivity contribution in [2.24, 2.45) is 11.8 Å². The number of hydroxylamine groups is 1. The van der Waals surface area contributed by atoms with Crippen LogP contribution in [0.5, 0.6) is 0 Å². The van der Waals surface area contributed by atoms with E-state index in [9.17, 15) is 9.90 Å². The van der Waals surface area contributed by atoms with Crippen molar-refractivity contribution in [2.75, 3.05) is 0 Å². The lowest BCUT2D eigenvalue weighted by atomic mass is 9.91. The van der Waals surface area contributed by atoms with Crippen LogP contribution in [0, 0.1) is 11.8 Å². The van der Waals surface area contributed by atoms with Crippen LogP contribution in [-0.2, 0) is 4.79 Å². The van der Waals surface area contributed by atoms with Crippen LogP contribution < -0.4 is 5.48 Å². The lowest BCUT2D eigenvalue weighted by Gasteiger charge is -2.16. The van der Waals surface area contributed by atoms with Gasteiger partial charge in [0.15, 0.2) is 0 Å². The number of aliphatic hydroxyl groups excluding tert-OH is 1. The van der Waals surface area contributed by atoms with Gasteiger partial charge in [-0.3, -0.25) is 10.0 Å². The Balaban J connectivity index is 3.59. The summed E-state index contributed by atoms with van der Waals surface area (Å²) in [6.07, 6.45) is 43.3. The van der Waals surface area contributed by atoms with E-state index in [2.05, 4.69) is 20.8 Å². The molecular formula is C41H83NO3. The molecule has 0 aliphatic heterocycles. The van der Waals surface area contributed by atoms with Gasteiger partial charge in [0.25, 0.3) is 0 Å². The van der Waals surface area contributed by atoms with Gasteiger partial charge in [-0.15, -0.1) is 0 Å². The first-order valence-corrected chi connectivity index (χ1v) is 20.6. The maximum Gasteiger partial charge on any atom is 0.243 e. The second kappa shape index (κ2) is 36.2. The summed E-state index contributed by atoms with van der Waals surface area (Å²) >= 11 is 0. The molecule has 0 aliphatic rings. The molecule has 3 unspecified atom stereocenters. The van der Waals surface area contributed by atoms with Crippen LogP contribution in [0.15, 0.2) is 0 Å². The predicted molar refractivity (Wildman–Crippen MR) is 197 cm³/mol. The van der Waals surface area contributed by atoms with Crippen molar-refractivity contribution < 1.29 is 15.1 Å². The summed E-state index contributed by atoms with van der Waals surface area (Å²) in [5, 5.41) is 19.2. The zero-order chi connectivity index (χ0) is 33.1. The highest BCUT2D eigenvalue weighted by molar-refractivity contribution is 5.74. The van der Waals surface area contributed by atoms with E-state index in [0.717, 1.165) is 31.6 Å². The molecule has 0 aromatic carbocycles. The number of unbranched alkanes of at least 4 members (excludes halogenated alkanes) is 23. The number of amides is 1. The van der Waals surface area contributed by atoms with E-state index >= 15 is 0 Å². The van der Waals surface area contributed by atoms with Crippen LogP contribution in [0.4, 0.5) is 0 Å². The Morgan fingerprint density at radius 1 is 0.467 bits per heavy atom. The largest absolute Gasteiger partial charge is 0.393 e. The number of aliphatic hydroxyl groups is 1. The minimum atomic E-state index is -0.214. The highest BCUT2D eigenvalue weighted by Gasteiger charge is 2.13. The van der Waals surface area contributed by atoms with Crippen molar-refractivity contribution in [3.63, 3.8) is 0 Å². The number of carbonyl (C=O) groups excluding carboxylic acids is 1. The second-order valence-electron chi connectivity index (χ2n) is 14.9. The van der Waals surface area contributed by atoms with Gasteiger partial charge in [-0.05, 0) is 37.5 Å². The van der Waals surface area contributed by atoms with Crippen LogP contribution in [0.2, 0.25) is 0 Å². The average Bonchev–Trinajstić information content (AvgIpc) is 3.03. The first kappa shape index (κ1) is 44.4. The lowest BCUT2D eigenvalue weighted by molar-refractivity contribution is -0.130. The van der Waals surface area contributed by atoms with Crippen molar-refractivity contribution in [1.29, 1.82) is 0 Å². The van der Waals surface area contributed by atoms with Gasteiger partial charge in [0.05, 0.1) is 6.10 Å². The first-order valence-electron chi connectivity index (χ1n) is 20.6. The van der Waals surface area contributed by atoms with E-state index in [1.807, 2.05) is 5.48 Å². The van der Waals surface area contributed by atoms with Gasteiger partial charge in [-0.25, -0.2) is 5.48 Å². The molecule has 3 atom stereocenters. The quantitative estimate of drug-likeness (QED) is 0.0360. The molecule has 45 heavy (non-hydrogen) atoms. The fourth-order valence-corrected chi connectivity index (χ4v) is 7.06. The van der Waals surface area contributed by atoms with Crippen LogP contribution in [-0.4, -0.2) is 22.3 Å². The molecule has 0 aliphatic carbocycles. The molecule has 0 fully saturated rings. The third-order valence-corrected chi connectivity index (χ3v) is 10.2. The maximum absolute atomic E-state index is 11.8. The first-order chi connectivity index (χ1) is 22.0. The third-order valence-electron chi connectivity index (χ3n) is 10.2. The zero-order valence-corrected chi connectivity index (χ0v) is 31.1. The van der Waals surface area contributed by atoms with Crippen LogP contribution >= 0.6 is 0 Å². The molecule has 0 rings (SSSR count). The van der Waals surface area contributed by atoms with E-state index in [1.54, 1.807) is 0 Å². The number of rotatable bonds is 37. The van der Waals surface area contributed by atoms with E-state index in [0.29, 0.717) is 12.3 Å². The van der Waals surface area contributed by atoms with Gasteiger partial charge in [-0.1, -0.05) is 207 Å². The lowest BCUT2D eigenvalue weighted by Crippen LogP contribution is -2.22. The standard InChI is InChI=1S/C41H83NO3/c1-4-6-8-10-12-16-21-27-33-39(37-41(44)42-45)34-28-22-18-20-26-32-38(3)31-25-19-15-13-17-24-30-36-40(43)35-29-23-14-11-9-7-5-2/h38-40,43,45H,4-37H2,1-3H3,(H,42,44). The molecule has 0 saturated heterocycles. The molecule has 0 radical (unpaired) electrons. The smallest absolute Gasteiger partial charge is 0.243 e. The van der Waals surface area contributed by atoms with Crippen molar-refractivity contribution in [3.05, 3.63) is 0 Å². The van der Waals surface area contributed by atoms with E-state index in [-0.39, 0.29) is 12.0 Å². The Morgan fingerprint density at radius 3 is 1.09 bits per heavy atom. The van der Waals surface area contributed by atoms with E-state index in [1.165, 1.54) is 186 Å². The summed E-state index contributed by atoms with van der Waals surface area (Å²) in [7, 11) is 0. The molecule has 1 amide bonds. The molecule has 3 N–H and O–H groups in total. The Bertz CT molecular complexity index is 583. The summed E-state index contributed by atoms with van der Waals surface area (Å²) in [5.41, 5.74) is 1.85. The Hall–Kier alpha value is -0.610. The number of hydrogen-bond acceptors (Lipinski definition) is 3. The second-order valence-corrected chi connectivity index (χ2v) is 14.9. The summed E-state index contributed by atoms with van der Waals surface area (Å²) in [6, 6.07) is 0. The highest BCUT2D eigenvalue weighted by Crippen LogP contribution is 2.23. The molecule has 0 bridgehead atoms. The minimum Gasteiger partial charge on any atom is -0.393 e. The summed E-state index contributed by atoms with van der Waals surface area (Å²) in [4.78, 5) is 11.8. The zero-order valence-electron chi connectivity index (χ0n) is 31.1. The topological polar surface area (TPSA) is 69.6 Å². The van der Waals surface area contributed by atoms with Gasteiger partial charge < -0.3 is 5.11 Å². The Labute approximate surface area is 283 Å². The summed E-state index contributed by atoms with van der Waals surface area (Å²) in [5.74, 6) is 1.07. The number of carbonyl (C=O) groups is 1. The van der Waals surface area contributed by atoms with Crippen LogP contribution in [0.1, 0.15) is 239 Å². The number of hydrogen-bond donors (Lipinski definition) is 3. The Kier molecular flexibility index (Phi) is 35.7. The molecule has 0 aromatic heterocycles. The van der Waals surface area contributed by atoms with Gasteiger partial charge in [-0.2, -0.15) is 0 Å². The fourth-order valence-electron chi connectivity index (χ4n) is 7.06. The molecule has 0 saturated carbocycles. The van der Waals surface area contributed by atoms with Crippen molar-refractivity contribution in [1.82, 2.24) is 5.48 Å². The van der Waals surface area contributed by atoms with Crippen molar-refractivity contribution in [2.45, 2.75) is 245 Å². The van der Waals surface area contributed by atoms with Crippen molar-refractivity contribution >= 4 is 5.91 Å². The molecule has 0 heterocycles. The SMILES string of the molecule is CCCCCCCCCCC(CCCCCCCC(C)CCCCCCCCCC(O)CCCCCCCCC)CC(=O)NO. The van der Waals surface area contributed by atoms with Crippen molar-refractivity contribution in [3.8, 4) is 0 Å². The maximum atomic E-state index is 11.8. The molecule has 0 spiro atoms. The van der Waals surface area contributed by atoms with E-state index in [4.69, 9.17) is 5.21 Å². The molecule has 4 nitrogen and oxygen atoms in total. The van der Waals surface area contributed by atoms with Gasteiger partial charge >= 0.3 is 0 Å². The fraction of sp³-hybridized carbons (Fsp3) is 0.976. The summed E-state index contributed by atoms with van der Waals surface area (Å²) in [6.45, 7) is 6.98. The van der Waals surface area contributed by atoms with Crippen LogP contribution in [0.25, 0.3) is 0 Å². The normalized spacial score (nSPS) is 13.6.